The summed E-state index contributed by atoms with van der Waals surface area (Å²) in [5.74, 6) is 0. The van der Waals surface area contributed by atoms with Gasteiger partial charge in [-0.1, -0.05) is 54.4 Å². The van der Waals surface area contributed by atoms with Crippen molar-refractivity contribution in [1.29, 1.82) is 0 Å². The van der Waals surface area contributed by atoms with Crippen LogP contribution in [0.2, 0.25) is 0 Å². The topological polar surface area (TPSA) is 29.4 Å². The Balaban J connectivity index is 2.28. The third kappa shape index (κ3) is 3.64. The molecule has 2 nitrogen and oxygen atoms in total. The van der Waals surface area contributed by atoms with Gasteiger partial charge < -0.3 is 0 Å². The largest absolute Gasteiger partial charge is 0.229 e. The van der Waals surface area contributed by atoms with E-state index in [9.17, 15) is 4.21 Å². The van der Waals surface area contributed by atoms with Crippen molar-refractivity contribution in [2.45, 2.75) is 32.1 Å². The molecular weight excluding hydrogens is 266 g/mol. The Labute approximate surface area is 123 Å². The van der Waals surface area contributed by atoms with Crippen molar-refractivity contribution in [2.75, 3.05) is 0 Å². The fourth-order valence-electron chi connectivity index (χ4n) is 1.87. The zero-order chi connectivity index (χ0) is 14.5. The van der Waals surface area contributed by atoms with Crippen LogP contribution in [0.4, 0.5) is 0 Å². The Hall–Kier alpha value is -1.74. The standard InChI is InChI=1S/C17H19NOS/c1-4-17(15-9-5-13(2)6-10-15)18-20(19)16-11-7-14(3)8-12-16/h5-12H,4H2,1-3H3/b18-17+/t20-/m0/s1. The minimum atomic E-state index is -1.34. The second-order valence-corrected chi connectivity index (χ2v) is 5.97. The van der Waals surface area contributed by atoms with Gasteiger partial charge in [-0.3, -0.25) is 0 Å². The summed E-state index contributed by atoms with van der Waals surface area (Å²) < 4.78 is 16.7. The smallest absolute Gasteiger partial charge is 0.172 e. The van der Waals surface area contributed by atoms with Gasteiger partial charge in [0.15, 0.2) is 11.0 Å². The van der Waals surface area contributed by atoms with Gasteiger partial charge in [0.2, 0.25) is 0 Å². The van der Waals surface area contributed by atoms with Gasteiger partial charge in [0, 0.05) is 0 Å². The molecule has 3 heteroatoms. The summed E-state index contributed by atoms with van der Waals surface area (Å²) in [5.41, 5.74) is 4.29. The second-order valence-electron chi connectivity index (χ2n) is 4.82. The minimum absolute atomic E-state index is 0.744. The summed E-state index contributed by atoms with van der Waals surface area (Å²) in [5, 5.41) is 0. The Morgan fingerprint density at radius 1 is 0.950 bits per heavy atom. The lowest BCUT2D eigenvalue weighted by Gasteiger charge is -2.05. The molecule has 0 saturated carbocycles. The first-order valence-corrected chi connectivity index (χ1v) is 7.84. The number of hydrogen-bond acceptors (Lipinski definition) is 1. The van der Waals surface area contributed by atoms with E-state index >= 15 is 0 Å². The average molecular weight is 285 g/mol. The van der Waals surface area contributed by atoms with Crippen LogP contribution in [-0.4, -0.2) is 9.92 Å². The quantitative estimate of drug-likeness (QED) is 0.773. The number of nitrogens with zero attached hydrogens (tertiary/aromatic N) is 1. The third-order valence-corrected chi connectivity index (χ3v) is 4.20. The number of hydrogen-bond donors (Lipinski definition) is 0. The van der Waals surface area contributed by atoms with Gasteiger partial charge in [0.25, 0.3) is 0 Å². The van der Waals surface area contributed by atoms with Gasteiger partial charge in [-0.2, -0.15) is 4.40 Å². The maximum absolute atomic E-state index is 12.3. The molecule has 0 saturated heterocycles. The molecule has 2 aromatic rings. The molecule has 2 rings (SSSR count). The lowest BCUT2D eigenvalue weighted by Crippen LogP contribution is -2.01. The summed E-state index contributed by atoms with van der Waals surface area (Å²) in [6, 6.07) is 15.8. The maximum atomic E-state index is 12.3. The predicted octanol–water partition coefficient (Wildman–Crippen LogP) is 4.23. The molecule has 0 aromatic heterocycles. The molecule has 0 radical (unpaired) electrons. The molecule has 1 atom stereocenters. The maximum Gasteiger partial charge on any atom is 0.172 e. The molecule has 104 valence electrons. The summed E-state index contributed by atoms with van der Waals surface area (Å²) in [4.78, 5) is 0.744. The van der Waals surface area contributed by atoms with Crippen molar-refractivity contribution < 1.29 is 4.21 Å². The second kappa shape index (κ2) is 6.62. The minimum Gasteiger partial charge on any atom is -0.229 e. The highest BCUT2D eigenvalue weighted by Crippen LogP contribution is 2.13. The van der Waals surface area contributed by atoms with E-state index in [0.717, 1.165) is 28.2 Å². The summed E-state index contributed by atoms with van der Waals surface area (Å²) >= 11 is 0. The molecule has 0 aliphatic rings. The average Bonchev–Trinajstić information content (AvgIpc) is 2.46. The van der Waals surface area contributed by atoms with Crippen molar-refractivity contribution in [1.82, 2.24) is 0 Å². The zero-order valence-electron chi connectivity index (χ0n) is 12.1. The lowest BCUT2D eigenvalue weighted by molar-refractivity contribution is 0.684. The van der Waals surface area contributed by atoms with Gasteiger partial charge in [-0.15, -0.1) is 0 Å². The van der Waals surface area contributed by atoms with E-state index in [1.54, 1.807) is 0 Å². The molecule has 0 unspecified atom stereocenters. The Morgan fingerprint density at radius 2 is 1.45 bits per heavy atom. The predicted molar refractivity (Wildman–Crippen MR) is 85.6 cm³/mol. The third-order valence-electron chi connectivity index (χ3n) is 3.14. The molecule has 2 aromatic carbocycles. The van der Waals surface area contributed by atoms with E-state index in [0.29, 0.717) is 0 Å². The van der Waals surface area contributed by atoms with E-state index < -0.39 is 11.0 Å². The SMILES string of the molecule is CC/C(=N\[S@@](=O)c1ccc(C)cc1)c1ccc(C)cc1. The number of benzene rings is 2. The molecule has 0 spiro atoms. The highest BCUT2D eigenvalue weighted by atomic mass is 32.2. The van der Waals surface area contributed by atoms with Crippen molar-refractivity contribution in [3.05, 3.63) is 65.2 Å². The molecule has 0 amide bonds. The van der Waals surface area contributed by atoms with Gasteiger partial charge >= 0.3 is 0 Å². The summed E-state index contributed by atoms with van der Waals surface area (Å²) in [6.07, 6.45) is 0.765. The molecular formula is C17H19NOS. The van der Waals surface area contributed by atoms with E-state index in [1.165, 1.54) is 5.56 Å². The van der Waals surface area contributed by atoms with Crippen LogP contribution in [0, 0.1) is 13.8 Å². The molecule has 0 fully saturated rings. The fraction of sp³-hybridized carbons (Fsp3) is 0.235. The zero-order valence-corrected chi connectivity index (χ0v) is 12.9. The fourth-order valence-corrected chi connectivity index (χ4v) is 2.78. The van der Waals surface area contributed by atoms with Crippen LogP contribution in [0.15, 0.2) is 57.8 Å². The summed E-state index contributed by atoms with van der Waals surface area (Å²) in [7, 11) is -1.34. The van der Waals surface area contributed by atoms with Crippen LogP contribution in [0.25, 0.3) is 0 Å². The Bertz CT molecular complexity index is 627. The molecule has 0 bridgehead atoms. The lowest BCUT2D eigenvalue weighted by atomic mass is 10.1. The van der Waals surface area contributed by atoms with Crippen LogP contribution >= 0.6 is 0 Å². The van der Waals surface area contributed by atoms with Gasteiger partial charge in [-0.05, 0) is 38.0 Å². The highest BCUT2D eigenvalue weighted by Gasteiger charge is 2.06. The molecule has 0 aliphatic heterocycles. The van der Waals surface area contributed by atoms with Crippen LogP contribution in [-0.2, 0) is 11.0 Å². The van der Waals surface area contributed by atoms with Crippen molar-refractivity contribution in [3.63, 3.8) is 0 Å². The van der Waals surface area contributed by atoms with Gasteiger partial charge in [0.05, 0.1) is 10.6 Å². The first-order chi connectivity index (χ1) is 9.60. The van der Waals surface area contributed by atoms with E-state index in [4.69, 9.17) is 0 Å². The normalized spacial score (nSPS) is 13.2. The Morgan fingerprint density at radius 3 is 1.95 bits per heavy atom. The summed E-state index contributed by atoms with van der Waals surface area (Å²) in [6.45, 7) is 6.10. The molecule has 0 N–H and O–H groups in total. The first-order valence-electron chi connectivity index (χ1n) is 6.73. The highest BCUT2D eigenvalue weighted by molar-refractivity contribution is 7.83. The molecule has 20 heavy (non-hydrogen) atoms. The van der Waals surface area contributed by atoms with Crippen molar-refractivity contribution >= 4 is 16.7 Å². The van der Waals surface area contributed by atoms with Crippen LogP contribution in [0.5, 0.6) is 0 Å². The van der Waals surface area contributed by atoms with E-state index in [2.05, 4.69) is 23.5 Å². The molecule has 0 heterocycles. The Kier molecular flexibility index (Phi) is 4.85. The van der Waals surface area contributed by atoms with E-state index in [-0.39, 0.29) is 0 Å². The van der Waals surface area contributed by atoms with Crippen LogP contribution in [0.1, 0.15) is 30.0 Å². The van der Waals surface area contributed by atoms with Crippen molar-refractivity contribution in [2.24, 2.45) is 4.40 Å². The molecule has 0 aliphatic carbocycles. The van der Waals surface area contributed by atoms with Gasteiger partial charge in [-0.25, -0.2) is 4.21 Å². The first kappa shape index (κ1) is 14.7. The van der Waals surface area contributed by atoms with Gasteiger partial charge in [0.1, 0.15) is 0 Å². The number of rotatable bonds is 4. The van der Waals surface area contributed by atoms with E-state index in [1.807, 2.05) is 50.2 Å². The van der Waals surface area contributed by atoms with Crippen molar-refractivity contribution in [3.8, 4) is 0 Å². The number of aryl methyl sites for hydroxylation is 2. The van der Waals surface area contributed by atoms with Crippen LogP contribution in [0.3, 0.4) is 0 Å². The monoisotopic (exact) mass is 285 g/mol. The van der Waals surface area contributed by atoms with Crippen LogP contribution < -0.4 is 0 Å².